The highest BCUT2D eigenvalue weighted by atomic mass is 16.5. The highest BCUT2D eigenvalue weighted by molar-refractivity contribution is 6.03. The van der Waals surface area contributed by atoms with Crippen LogP contribution in [-0.4, -0.2) is 35.6 Å². The molecule has 1 heterocycles. The van der Waals surface area contributed by atoms with Crippen molar-refractivity contribution in [2.24, 2.45) is 0 Å². The van der Waals surface area contributed by atoms with Gasteiger partial charge in [-0.1, -0.05) is 30.3 Å². The number of hydrogen-bond donors (Lipinski definition) is 1. The molecule has 0 saturated carbocycles. The van der Waals surface area contributed by atoms with E-state index in [4.69, 9.17) is 9.47 Å². The van der Waals surface area contributed by atoms with Gasteiger partial charge in [-0.3, -0.25) is 9.59 Å². The fourth-order valence-corrected chi connectivity index (χ4v) is 3.18. The summed E-state index contributed by atoms with van der Waals surface area (Å²) in [6.07, 6.45) is -0.309. The first-order valence-electron chi connectivity index (χ1n) is 9.39. The molecule has 0 aliphatic heterocycles. The zero-order valence-electron chi connectivity index (χ0n) is 16.6. The number of Topliss-reactive ketones (excluding diaryl/α,β-unsaturated/α-hetero) is 1. The van der Waals surface area contributed by atoms with Crippen LogP contribution in [0.3, 0.4) is 0 Å². The van der Waals surface area contributed by atoms with Crippen molar-refractivity contribution in [2.75, 3.05) is 13.7 Å². The van der Waals surface area contributed by atoms with Gasteiger partial charge in [0.2, 0.25) is 0 Å². The lowest BCUT2D eigenvalue weighted by Crippen LogP contribution is -2.10. The Morgan fingerprint density at radius 1 is 1.17 bits per heavy atom. The number of pyridine rings is 1. The van der Waals surface area contributed by atoms with Gasteiger partial charge in [-0.2, -0.15) is 5.26 Å². The van der Waals surface area contributed by atoms with Crippen LogP contribution in [0.15, 0.2) is 42.5 Å². The van der Waals surface area contributed by atoms with Gasteiger partial charge in [0.1, 0.15) is 23.1 Å². The van der Waals surface area contributed by atoms with Gasteiger partial charge in [0.25, 0.3) is 0 Å². The molecule has 0 bridgehead atoms. The van der Waals surface area contributed by atoms with E-state index in [1.54, 1.807) is 32.2 Å². The summed E-state index contributed by atoms with van der Waals surface area (Å²) in [7, 11) is 1.57. The van der Waals surface area contributed by atoms with E-state index in [0.717, 1.165) is 11.1 Å². The summed E-state index contributed by atoms with van der Waals surface area (Å²) in [4.78, 5) is 28.4. The van der Waals surface area contributed by atoms with Gasteiger partial charge in [0, 0.05) is 17.4 Å². The van der Waals surface area contributed by atoms with E-state index in [0.29, 0.717) is 16.7 Å². The van der Waals surface area contributed by atoms with Gasteiger partial charge in [0.05, 0.1) is 25.7 Å². The van der Waals surface area contributed by atoms with Gasteiger partial charge >= 0.3 is 5.97 Å². The zero-order chi connectivity index (χ0) is 21.7. The molecule has 0 amide bonds. The lowest BCUT2D eigenvalue weighted by atomic mass is 9.99. The zero-order valence-corrected chi connectivity index (χ0v) is 16.6. The number of carbonyl (C=O) groups is 2. The van der Waals surface area contributed by atoms with Gasteiger partial charge < -0.3 is 14.6 Å². The van der Waals surface area contributed by atoms with Crippen LogP contribution in [0.4, 0.5) is 0 Å². The third-order valence-electron chi connectivity index (χ3n) is 4.62. The molecule has 152 valence electrons. The first kappa shape index (κ1) is 20.8. The Morgan fingerprint density at radius 2 is 1.93 bits per heavy atom. The van der Waals surface area contributed by atoms with Crippen molar-refractivity contribution in [3.8, 4) is 28.7 Å². The smallest absolute Gasteiger partial charge is 0.306 e. The number of benzene rings is 2. The number of carbonyl (C=O) groups excluding carboxylic acids is 2. The monoisotopic (exact) mass is 404 g/mol. The molecule has 0 saturated heterocycles. The quantitative estimate of drug-likeness (QED) is 0.468. The van der Waals surface area contributed by atoms with Crippen molar-refractivity contribution < 1.29 is 24.2 Å². The first-order chi connectivity index (χ1) is 14.5. The number of ether oxygens (including phenoxy) is 2. The molecular weight excluding hydrogens is 384 g/mol. The molecule has 1 N–H and O–H groups in total. The fraction of sp³-hybridized carbons (Fsp3) is 0.217. The lowest BCUT2D eigenvalue weighted by molar-refractivity contribution is -0.143. The number of ketones is 1. The fourth-order valence-electron chi connectivity index (χ4n) is 3.18. The van der Waals surface area contributed by atoms with E-state index in [-0.39, 0.29) is 30.7 Å². The number of fused-ring (bicyclic) bond motifs is 1. The molecular formula is C23H20N2O5. The van der Waals surface area contributed by atoms with Crippen LogP contribution in [0.1, 0.15) is 35.8 Å². The maximum Gasteiger partial charge on any atom is 0.306 e. The highest BCUT2D eigenvalue weighted by Gasteiger charge is 2.21. The number of nitriles is 1. The minimum Gasteiger partial charge on any atom is -0.504 e. The van der Waals surface area contributed by atoms with Gasteiger partial charge in [-0.25, -0.2) is 4.98 Å². The molecule has 3 aromatic rings. The van der Waals surface area contributed by atoms with Crippen molar-refractivity contribution in [1.82, 2.24) is 4.98 Å². The molecule has 0 aliphatic rings. The van der Waals surface area contributed by atoms with Crippen LogP contribution in [0.2, 0.25) is 0 Å². The Labute approximate surface area is 173 Å². The first-order valence-corrected chi connectivity index (χ1v) is 9.39. The number of aromatic nitrogens is 1. The van der Waals surface area contributed by atoms with E-state index < -0.39 is 17.5 Å². The molecule has 0 unspecified atom stereocenters. The molecule has 0 spiro atoms. The van der Waals surface area contributed by atoms with Crippen LogP contribution < -0.4 is 4.74 Å². The Kier molecular flexibility index (Phi) is 6.28. The Bertz CT molecular complexity index is 1160. The summed E-state index contributed by atoms with van der Waals surface area (Å²) >= 11 is 0. The number of esters is 1. The molecule has 0 fully saturated rings. The standard InChI is InChI=1S/C23H20N2O5/c1-3-30-21(27)11-10-19(26)22-23(28)17(13-24)16-9-8-14(12-18(16)25-22)15-6-4-5-7-20(15)29-2/h4-9,12,28H,3,10-11H2,1-2H3. The molecule has 0 atom stereocenters. The van der Waals surface area contributed by atoms with Gasteiger partial charge in [-0.05, 0) is 24.6 Å². The van der Waals surface area contributed by atoms with E-state index in [9.17, 15) is 20.0 Å². The van der Waals surface area contributed by atoms with Gasteiger partial charge in [0.15, 0.2) is 11.5 Å². The number of methoxy groups -OCH3 is 1. The van der Waals surface area contributed by atoms with Crippen molar-refractivity contribution >= 4 is 22.7 Å². The molecule has 0 radical (unpaired) electrons. The van der Waals surface area contributed by atoms with Crippen LogP contribution in [0.5, 0.6) is 11.5 Å². The maximum atomic E-state index is 12.6. The largest absolute Gasteiger partial charge is 0.504 e. The predicted molar refractivity (Wildman–Crippen MR) is 110 cm³/mol. The average Bonchev–Trinajstić information content (AvgIpc) is 2.77. The summed E-state index contributed by atoms with van der Waals surface area (Å²) in [5.41, 5.74) is 1.72. The second-order valence-corrected chi connectivity index (χ2v) is 6.46. The molecule has 7 heteroatoms. The molecule has 7 nitrogen and oxygen atoms in total. The van der Waals surface area contributed by atoms with Gasteiger partial charge in [-0.15, -0.1) is 0 Å². The van der Waals surface area contributed by atoms with E-state index in [1.165, 1.54) is 0 Å². The predicted octanol–water partition coefficient (Wildman–Crippen LogP) is 4.01. The Hall–Kier alpha value is -3.92. The maximum absolute atomic E-state index is 12.6. The van der Waals surface area contributed by atoms with E-state index in [2.05, 4.69) is 4.98 Å². The third kappa shape index (κ3) is 4.08. The van der Waals surface area contributed by atoms with Crippen molar-refractivity contribution in [3.05, 3.63) is 53.7 Å². The van der Waals surface area contributed by atoms with Crippen LogP contribution in [0, 0.1) is 11.3 Å². The molecule has 1 aromatic heterocycles. The van der Waals surface area contributed by atoms with Crippen LogP contribution in [-0.2, 0) is 9.53 Å². The minimum atomic E-state index is -0.540. The SMILES string of the molecule is CCOC(=O)CCC(=O)c1nc2cc(-c3ccccc3OC)ccc2c(C#N)c1O. The summed E-state index contributed by atoms with van der Waals surface area (Å²) < 4.78 is 10.2. The van der Waals surface area contributed by atoms with Crippen molar-refractivity contribution in [3.63, 3.8) is 0 Å². The number of aromatic hydroxyl groups is 1. The number of hydrogen-bond acceptors (Lipinski definition) is 7. The van der Waals surface area contributed by atoms with Crippen molar-refractivity contribution in [2.45, 2.75) is 19.8 Å². The van der Waals surface area contributed by atoms with Crippen LogP contribution >= 0.6 is 0 Å². The molecule has 0 aliphatic carbocycles. The summed E-state index contributed by atoms with van der Waals surface area (Å²) in [5, 5.41) is 20.4. The average molecular weight is 404 g/mol. The second kappa shape index (κ2) is 9.05. The summed E-state index contributed by atoms with van der Waals surface area (Å²) in [6.45, 7) is 1.89. The summed E-state index contributed by atoms with van der Waals surface area (Å²) in [6, 6.07) is 14.6. The lowest BCUT2D eigenvalue weighted by Gasteiger charge is -2.11. The molecule has 3 rings (SSSR count). The Morgan fingerprint density at radius 3 is 2.63 bits per heavy atom. The molecule has 30 heavy (non-hydrogen) atoms. The third-order valence-corrected chi connectivity index (χ3v) is 4.62. The topological polar surface area (TPSA) is 110 Å². The number of rotatable bonds is 7. The van der Waals surface area contributed by atoms with Crippen molar-refractivity contribution in [1.29, 1.82) is 5.26 Å². The highest BCUT2D eigenvalue weighted by Crippen LogP contribution is 2.35. The second-order valence-electron chi connectivity index (χ2n) is 6.46. The normalized spacial score (nSPS) is 10.4. The van der Waals surface area contributed by atoms with E-state index in [1.807, 2.05) is 30.3 Å². The Balaban J connectivity index is 2.07. The summed E-state index contributed by atoms with van der Waals surface area (Å²) in [5.74, 6) is -0.863. The number of nitrogens with zero attached hydrogens (tertiary/aromatic N) is 2. The molecule has 2 aromatic carbocycles. The number of para-hydroxylation sites is 1. The minimum absolute atomic E-state index is 0.0361. The van der Waals surface area contributed by atoms with Crippen LogP contribution in [0.25, 0.3) is 22.0 Å². The van der Waals surface area contributed by atoms with E-state index >= 15 is 0 Å².